The van der Waals surface area contributed by atoms with Crippen molar-refractivity contribution in [2.45, 2.75) is 12.2 Å². The zero-order chi connectivity index (χ0) is 13.6. The SMILES string of the molecule is NC1CON(CCO)C1=O.O=C(O)C(F)(F)F. The van der Waals surface area contributed by atoms with Gasteiger partial charge >= 0.3 is 12.1 Å². The lowest BCUT2D eigenvalue weighted by molar-refractivity contribution is -0.192. The van der Waals surface area contributed by atoms with Crippen molar-refractivity contribution in [3.8, 4) is 0 Å². The maximum absolute atomic E-state index is 10.9. The standard InChI is InChI=1S/C5H10N2O3.C2HF3O2/c6-4-3-10-7(1-2-8)5(4)9;3-2(4,5)1(6)7/h4,8H,1-3,6H2;(H,6,7). The Kier molecular flexibility index (Phi) is 5.85. The van der Waals surface area contributed by atoms with E-state index < -0.39 is 18.2 Å². The normalized spacial score (nSPS) is 19.9. The number of nitrogens with zero attached hydrogens (tertiary/aromatic N) is 1. The molecule has 0 aliphatic carbocycles. The highest BCUT2D eigenvalue weighted by Gasteiger charge is 2.38. The zero-order valence-corrected chi connectivity index (χ0v) is 8.48. The van der Waals surface area contributed by atoms with Crippen LogP contribution in [-0.4, -0.2) is 59.1 Å². The van der Waals surface area contributed by atoms with E-state index in [4.69, 9.17) is 25.6 Å². The van der Waals surface area contributed by atoms with Gasteiger partial charge in [-0.05, 0) is 0 Å². The molecule has 1 atom stereocenters. The van der Waals surface area contributed by atoms with Crippen molar-refractivity contribution in [3.05, 3.63) is 0 Å². The summed E-state index contributed by atoms with van der Waals surface area (Å²) in [6.45, 7) is 0.323. The molecular formula is C7H11F3N2O5. The average Bonchev–Trinajstić information content (AvgIpc) is 2.50. The quantitative estimate of drug-likeness (QED) is 0.569. The Morgan fingerprint density at radius 1 is 1.59 bits per heavy atom. The second kappa shape index (κ2) is 6.37. The number of carboxylic acid groups (broad SMARTS) is 1. The van der Waals surface area contributed by atoms with Gasteiger partial charge in [-0.3, -0.25) is 9.63 Å². The van der Waals surface area contributed by atoms with Gasteiger partial charge in [0.2, 0.25) is 0 Å². The number of carbonyl (C=O) groups excluding carboxylic acids is 1. The fraction of sp³-hybridized carbons (Fsp3) is 0.714. The van der Waals surface area contributed by atoms with Crippen molar-refractivity contribution in [1.29, 1.82) is 0 Å². The lowest BCUT2D eigenvalue weighted by Crippen LogP contribution is -2.35. The van der Waals surface area contributed by atoms with Crippen LogP contribution < -0.4 is 5.73 Å². The number of alkyl halides is 3. The van der Waals surface area contributed by atoms with Crippen LogP contribution in [0.15, 0.2) is 0 Å². The molecule has 0 spiro atoms. The number of hydrogen-bond acceptors (Lipinski definition) is 5. The van der Waals surface area contributed by atoms with Crippen LogP contribution in [0.3, 0.4) is 0 Å². The van der Waals surface area contributed by atoms with Gasteiger partial charge in [0.05, 0.1) is 19.8 Å². The van der Waals surface area contributed by atoms with Gasteiger partial charge in [0.15, 0.2) is 0 Å². The minimum atomic E-state index is -5.08. The third-order valence-electron chi connectivity index (χ3n) is 1.52. The second-order valence-corrected chi connectivity index (χ2v) is 2.87. The van der Waals surface area contributed by atoms with Gasteiger partial charge in [-0.2, -0.15) is 13.2 Å². The van der Waals surface area contributed by atoms with Gasteiger partial charge < -0.3 is 15.9 Å². The number of carboxylic acids is 1. The molecule has 1 rings (SSSR count). The number of amides is 1. The molecule has 1 aliphatic rings. The number of aliphatic hydroxyl groups is 1. The molecule has 4 N–H and O–H groups in total. The Morgan fingerprint density at radius 3 is 2.29 bits per heavy atom. The first-order chi connectivity index (χ1) is 7.70. The smallest absolute Gasteiger partial charge is 0.475 e. The molecule has 0 aromatic rings. The number of hydroxylamine groups is 2. The Balaban J connectivity index is 0.000000325. The molecule has 0 aromatic carbocycles. The van der Waals surface area contributed by atoms with Crippen LogP contribution in [-0.2, 0) is 14.4 Å². The van der Waals surface area contributed by atoms with E-state index in [0.29, 0.717) is 0 Å². The van der Waals surface area contributed by atoms with Crippen molar-refractivity contribution in [2.24, 2.45) is 5.73 Å². The highest BCUT2D eigenvalue weighted by molar-refractivity contribution is 5.82. The van der Waals surface area contributed by atoms with E-state index in [9.17, 15) is 18.0 Å². The summed E-state index contributed by atoms with van der Waals surface area (Å²) in [5.41, 5.74) is 5.30. The molecular weight excluding hydrogens is 249 g/mol. The molecule has 1 fully saturated rings. The molecule has 17 heavy (non-hydrogen) atoms. The summed E-state index contributed by atoms with van der Waals surface area (Å²) in [6, 6.07) is -0.549. The van der Waals surface area contributed by atoms with Crippen molar-refractivity contribution < 1.29 is 37.8 Å². The predicted octanol–water partition coefficient (Wildman–Crippen LogP) is -1.29. The molecule has 100 valence electrons. The van der Waals surface area contributed by atoms with Crippen LogP contribution in [0.1, 0.15) is 0 Å². The molecule has 0 aromatic heterocycles. The van der Waals surface area contributed by atoms with E-state index in [1.807, 2.05) is 0 Å². The maximum Gasteiger partial charge on any atom is 0.490 e. The summed E-state index contributed by atoms with van der Waals surface area (Å²) in [6.07, 6.45) is -5.08. The van der Waals surface area contributed by atoms with Crippen molar-refractivity contribution in [3.63, 3.8) is 0 Å². The summed E-state index contributed by atoms with van der Waals surface area (Å²) in [5.74, 6) is -3.01. The summed E-state index contributed by atoms with van der Waals surface area (Å²) < 4.78 is 31.7. The number of aliphatic carboxylic acids is 1. The van der Waals surface area contributed by atoms with Crippen molar-refractivity contribution >= 4 is 11.9 Å². The number of aliphatic hydroxyl groups excluding tert-OH is 1. The van der Waals surface area contributed by atoms with Crippen LogP contribution in [0.5, 0.6) is 0 Å². The lowest BCUT2D eigenvalue weighted by Gasteiger charge is -2.10. The first-order valence-corrected chi connectivity index (χ1v) is 4.31. The number of carbonyl (C=O) groups is 2. The maximum atomic E-state index is 10.9. The van der Waals surface area contributed by atoms with Gasteiger partial charge in [0, 0.05) is 0 Å². The van der Waals surface area contributed by atoms with E-state index >= 15 is 0 Å². The molecule has 1 heterocycles. The van der Waals surface area contributed by atoms with Crippen LogP contribution >= 0.6 is 0 Å². The van der Waals surface area contributed by atoms with Crippen molar-refractivity contribution in [2.75, 3.05) is 19.8 Å². The van der Waals surface area contributed by atoms with E-state index in [1.165, 1.54) is 0 Å². The number of hydrogen-bond donors (Lipinski definition) is 3. The fourth-order valence-corrected chi connectivity index (χ4v) is 0.756. The molecule has 1 saturated heterocycles. The highest BCUT2D eigenvalue weighted by Crippen LogP contribution is 2.13. The largest absolute Gasteiger partial charge is 0.490 e. The minimum absolute atomic E-state index is 0.0988. The van der Waals surface area contributed by atoms with E-state index in [0.717, 1.165) is 5.06 Å². The summed E-state index contributed by atoms with van der Waals surface area (Å²) in [4.78, 5) is 24.6. The van der Waals surface area contributed by atoms with Crippen LogP contribution in [0, 0.1) is 0 Å². The number of β-amino-alcohol motifs (C(OH)–C–C–N with tert-alkyl or cyclic N) is 1. The molecule has 0 radical (unpaired) electrons. The molecule has 10 heteroatoms. The average molecular weight is 260 g/mol. The summed E-state index contributed by atoms with van der Waals surface area (Å²) in [5, 5.41) is 16.6. The number of nitrogens with two attached hydrogens (primary N) is 1. The second-order valence-electron chi connectivity index (χ2n) is 2.87. The number of rotatable bonds is 2. The van der Waals surface area contributed by atoms with E-state index in [2.05, 4.69) is 0 Å². The molecule has 1 unspecified atom stereocenters. The van der Waals surface area contributed by atoms with Gasteiger partial charge in [-0.25, -0.2) is 9.86 Å². The Morgan fingerprint density at radius 2 is 2.06 bits per heavy atom. The van der Waals surface area contributed by atoms with Crippen LogP contribution in [0.25, 0.3) is 0 Å². The van der Waals surface area contributed by atoms with Crippen molar-refractivity contribution in [1.82, 2.24) is 5.06 Å². The first-order valence-electron chi connectivity index (χ1n) is 4.31. The Labute approximate surface area is 93.5 Å². The van der Waals surface area contributed by atoms with Gasteiger partial charge in [-0.15, -0.1) is 0 Å². The molecule has 0 saturated carbocycles. The van der Waals surface area contributed by atoms with E-state index in [-0.39, 0.29) is 25.7 Å². The van der Waals surface area contributed by atoms with Gasteiger partial charge in [0.1, 0.15) is 6.04 Å². The highest BCUT2D eigenvalue weighted by atomic mass is 19.4. The van der Waals surface area contributed by atoms with E-state index in [1.54, 1.807) is 0 Å². The predicted molar refractivity (Wildman–Crippen MR) is 46.4 cm³/mol. The molecule has 7 nitrogen and oxygen atoms in total. The summed E-state index contributed by atoms with van der Waals surface area (Å²) >= 11 is 0. The zero-order valence-electron chi connectivity index (χ0n) is 8.48. The fourth-order valence-electron chi connectivity index (χ4n) is 0.756. The third-order valence-corrected chi connectivity index (χ3v) is 1.52. The van der Waals surface area contributed by atoms with Crippen LogP contribution in [0.4, 0.5) is 13.2 Å². The molecule has 1 amide bonds. The number of halogens is 3. The topological polar surface area (TPSA) is 113 Å². The van der Waals surface area contributed by atoms with Gasteiger partial charge in [0.25, 0.3) is 5.91 Å². The lowest BCUT2D eigenvalue weighted by atomic mass is 10.3. The van der Waals surface area contributed by atoms with Gasteiger partial charge in [-0.1, -0.05) is 0 Å². The molecule has 0 bridgehead atoms. The first kappa shape index (κ1) is 15.6. The summed E-state index contributed by atoms with van der Waals surface area (Å²) in [7, 11) is 0. The van der Waals surface area contributed by atoms with Crippen LogP contribution in [0.2, 0.25) is 0 Å². The third kappa shape index (κ3) is 5.47. The molecule has 1 aliphatic heterocycles. The Bertz CT molecular complexity index is 281. The minimum Gasteiger partial charge on any atom is -0.475 e. The Hall–Kier alpha value is -1.39. The monoisotopic (exact) mass is 260 g/mol.